The zero-order chi connectivity index (χ0) is 14.9. The first-order chi connectivity index (χ1) is 9.45. The summed E-state index contributed by atoms with van der Waals surface area (Å²) >= 11 is 1.41. The zero-order valence-corrected chi connectivity index (χ0v) is 11.2. The fourth-order valence-corrected chi connectivity index (χ4v) is 2.54. The van der Waals surface area contributed by atoms with Gasteiger partial charge in [0.15, 0.2) is 23.3 Å². The van der Waals surface area contributed by atoms with Gasteiger partial charge in [0.25, 0.3) is 0 Å². The maximum atomic E-state index is 13.4. The van der Waals surface area contributed by atoms with Gasteiger partial charge in [-0.3, -0.25) is 0 Å². The predicted octanol–water partition coefficient (Wildman–Crippen LogP) is 4.62. The molecule has 1 N–H and O–H groups in total. The first-order valence-corrected chi connectivity index (χ1v) is 6.60. The predicted molar refractivity (Wildman–Crippen MR) is 67.3 cm³/mol. The summed E-state index contributed by atoms with van der Waals surface area (Å²) in [4.78, 5) is 1.81. The van der Waals surface area contributed by atoms with E-state index in [1.54, 1.807) is 6.07 Å². The van der Waals surface area contributed by atoms with Crippen LogP contribution in [0.25, 0.3) is 0 Å². The molecule has 2 aromatic rings. The highest BCUT2D eigenvalue weighted by Crippen LogP contribution is 2.28. The summed E-state index contributed by atoms with van der Waals surface area (Å²) in [6.45, 7) is 1.94. The number of anilines is 1. The van der Waals surface area contributed by atoms with Gasteiger partial charge in [0.1, 0.15) is 5.69 Å². The van der Waals surface area contributed by atoms with E-state index in [0.29, 0.717) is 0 Å². The van der Waals surface area contributed by atoms with Crippen molar-refractivity contribution >= 4 is 17.0 Å². The Kier molecular flexibility index (Phi) is 4.27. The van der Waals surface area contributed by atoms with Crippen LogP contribution < -0.4 is 5.32 Å². The lowest BCUT2D eigenvalue weighted by Gasteiger charge is -2.09. The van der Waals surface area contributed by atoms with Gasteiger partial charge in [-0.1, -0.05) is 6.92 Å². The van der Waals surface area contributed by atoms with E-state index >= 15 is 0 Å². The van der Waals surface area contributed by atoms with E-state index in [0.717, 1.165) is 16.2 Å². The van der Waals surface area contributed by atoms with Crippen molar-refractivity contribution in [2.24, 2.45) is 0 Å². The molecule has 0 aliphatic rings. The maximum Gasteiger partial charge on any atom is 0.200 e. The molecule has 0 aliphatic carbocycles. The number of rotatable bonds is 4. The van der Waals surface area contributed by atoms with Crippen LogP contribution in [-0.2, 0) is 13.0 Å². The van der Waals surface area contributed by atoms with E-state index in [9.17, 15) is 22.0 Å². The van der Waals surface area contributed by atoms with Gasteiger partial charge >= 0.3 is 0 Å². The quantitative estimate of drug-likeness (QED) is 0.494. The van der Waals surface area contributed by atoms with Gasteiger partial charge < -0.3 is 5.32 Å². The highest BCUT2D eigenvalue weighted by atomic mass is 32.1. The third-order valence-corrected chi connectivity index (χ3v) is 3.94. The highest BCUT2D eigenvalue weighted by Gasteiger charge is 2.25. The molecule has 0 radical (unpaired) electrons. The third kappa shape index (κ3) is 2.63. The minimum Gasteiger partial charge on any atom is -0.375 e. The third-order valence-electron chi connectivity index (χ3n) is 2.71. The van der Waals surface area contributed by atoms with Crippen molar-refractivity contribution in [1.29, 1.82) is 0 Å². The Morgan fingerprint density at radius 2 is 1.35 bits per heavy atom. The van der Waals surface area contributed by atoms with Gasteiger partial charge in [0.05, 0.1) is 0 Å². The number of hydrogen-bond acceptors (Lipinski definition) is 2. The number of aryl methyl sites for hydroxylation is 1. The number of nitrogens with one attached hydrogen (secondary N) is 1. The van der Waals surface area contributed by atoms with Gasteiger partial charge in [-0.15, -0.1) is 11.3 Å². The SMILES string of the molecule is CCc1ccc(CNc2c(F)c(F)c(F)c(F)c2F)s1. The molecule has 1 aromatic carbocycles. The topological polar surface area (TPSA) is 12.0 Å². The molecule has 0 spiro atoms. The largest absolute Gasteiger partial charge is 0.375 e. The monoisotopic (exact) mass is 307 g/mol. The van der Waals surface area contributed by atoms with E-state index in [1.807, 2.05) is 13.0 Å². The van der Waals surface area contributed by atoms with Crippen LogP contribution in [0.3, 0.4) is 0 Å². The van der Waals surface area contributed by atoms with Crippen LogP contribution in [0.4, 0.5) is 27.6 Å². The smallest absolute Gasteiger partial charge is 0.200 e. The first-order valence-electron chi connectivity index (χ1n) is 5.78. The molecule has 0 atom stereocenters. The van der Waals surface area contributed by atoms with Crippen LogP contribution in [0.1, 0.15) is 16.7 Å². The van der Waals surface area contributed by atoms with E-state index in [2.05, 4.69) is 5.32 Å². The molecule has 1 nitrogen and oxygen atoms in total. The Morgan fingerprint density at radius 1 is 0.850 bits per heavy atom. The van der Waals surface area contributed by atoms with Gasteiger partial charge in [0, 0.05) is 16.3 Å². The number of thiophene rings is 1. The molecule has 0 saturated carbocycles. The Balaban J connectivity index is 2.25. The fraction of sp³-hybridized carbons (Fsp3) is 0.231. The Labute approximate surface area is 116 Å². The second-order valence-corrected chi connectivity index (χ2v) is 5.27. The molecule has 7 heteroatoms. The van der Waals surface area contributed by atoms with E-state index in [-0.39, 0.29) is 6.54 Å². The first kappa shape index (κ1) is 14.8. The summed E-state index contributed by atoms with van der Waals surface area (Å²) < 4.78 is 65.6. The average molecular weight is 307 g/mol. The van der Waals surface area contributed by atoms with Crippen LogP contribution in [0, 0.1) is 29.1 Å². The standard InChI is InChI=1S/C13H10F5NS/c1-2-6-3-4-7(20-6)5-19-13-11(17)9(15)8(14)10(16)12(13)18/h3-4,19H,2,5H2,1H3. The van der Waals surface area contributed by atoms with E-state index in [1.165, 1.54) is 11.3 Å². The van der Waals surface area contributed by atoms with Crippen molar-refractivity contribution in [1.82, 2.24) is 0 Å². The van der Waals surface area contributed by atoms with Crippen molar-refractivity contribution in [3.05, 3.63) is 51.0 Å². The van der Waals surface area contributed by atoms with E-state index < -0.39 is 34.8 Å². The Hall–Kier alpha value is -1.63. The lowest BCUT2D eigenvalue weighted by molar-refractivity contribution is 0.381. The van der Waals surface area contributed by atoms with Crippen molar-refractivity contribution in [3.63, 3.8) is 0 Å². The molecule has 0 aliphatic heterocycles. The summed E-state index contributed by atoms with van der Waals surface area (Å²) in [5.74, 6) is -9.77. The maximum absolute atomic E-state index is 13.4. The molecule has 108 valence electrons. The molecule has 2 rings (SSSR count). The minimum atomic E-state index is -2.16. The van der Waals surface area contributed by atoms with Gasteiger partial charge in [-0.25, -0.2) is 22.0 Å². The summed E-state index contributed by atoms with van der Waals surface area (Å²) in [5.41, 5.74) is -1.01. The molecule has 0 unspecified atom stereocenters. The van der Waals surface area contributed by atoms with Crippen LogP contribution in [0.5, 0.6) is 0 Å². The van der Waals surface area contributed by atoms with Crippen molar-refractivity contribution in [3.8, 4) is 0 Å². The molecule has 0 fully saturated rings. The number of hydrogen-bond donors (Lipinski definition) is 1. The molecular weight excluding hydrogens is 297 g/mol. The lowest BCUT2D eigenvalue weighted by atomic mass is 10.2. The van der Waals surface area contributed by atoms with Crippen molar-refractivity contribution < 1.29 is 22.0 Å². The van der Waals surface area contributed by atoms with Crippen LogP contribution in [0.2, 0.25) is 0 Å². The second-order valence-electron chi connectivity index (χ2n) is 4.02. The molecule has 1 heterocycles. The summed E-state index contributed by atoms with van der Waals surface area (Å²) in [6.07, 6.45) is 0.813. The molecule has 20 heavy (non-hydrogen) atoms. The van der Waals surface area contributed by atoms with Gasteiger partial charge in [-0.2, -0.15) is 0 Å². The highest BCUT2D eigenvalue weighted by molar-refractivity contribution is 7.12. The average Bonchev–Trinajstić information content (AvgIpc) is 2.91. The molecule has 0 amide bonds. The van der Waals surface area contributed by atoms with Gasteiger partial charge in [-0.05, 0) is 18.6 Å². The lowest BCUT2D eigenvalue weighted by Crippen LogP contribution is -2.09. The summed E-state index contributed by atoms with van der Waals surface area (Å²) in [5, 5.41) is 2.26. The van der Waals surface area contributed by atoms with Crippen LogP contribution >= 0.6 is 11.3 Å². The van der Waals surface area contributed by atoms with Crippen molar-refractivity contribution in [2.75, 3.05) is 5.32 Å². The van der Waals surface area contributed by atoms with Gasteiger partial charge in [0.2, 0.25) is 5.82 Å². The summed E-state index contributed by atoms with van der Waals surface area (Å²) in [7, 11) is 0. The minimum absolute atomic E-state index is 0.0109. The number of benzene rings is 1. The van der Waals surface area contributed by atoms with Crippen LogP contribution in [0.15, 0.2) is 12.1 Å². The number of halogens is 5. The molecule has 1 aromatic heterocycles. The zero-order valence-electron chi connectivity index (χ0n) is 10.4. The molecule has 0 bridgehead atoms. The fourth-order valence-electron chi connectivity index (χ4n) is 1.64. The Morgan fingerprint density at radius 3 is 1.85 bits per heavy atom. The normalized spacial score (nSPS) is 10.9. The van der Waals surface area contributed by atoms with E-state index in [4.69, 9.17) is 0 Å². The van der Waals surface area contributed by atoms with Crippen molar-refractivity contribution in [2.45, 2.75) is 19.9 Å². The summed E-state index contributed by atoms with van der Waals surface area (Å²) in [6, 6.07) is 3.59. The second kappa shape index (κ2) is 5.78. The van der Waals surface area contributed by atoms with Crippen LogP contribution in [-0.4, -0.2) is 0 Å². The molecular formula is C13H10F5NS. The molecule has 0 saturated heterocycles. The Bertz CT molecular complexity index is 609.